The van der Waals surface area contributed by atoms with E-state index in [2.05, 4.69) is 17.1 Å². The van der Waals surface area contributed by atoms with Crippen LogP contribution in [0.3, 0.4) is 0 Å². The average Bonchev–Trinajstić information content (AvgIpc) is 2.72. The van der Waals surface area contributed by atoms with E-state index in [1.807, 2.05) is 16.7 Å². The van der Waals surface area contributed by atoms with Gasteiger partial charge in [0, 0.05) is 44.5 Å². The van der Waals surface area contributed by atoms with E-state index in [-0.39, 0.29) is 23.3 Å². The summed E-state index contributed by atoms with van der Waals surface area (Å²) in [5.41, 5.74) is 2.01. The van der Waals surface area contributed by atoms with E-state index in [4.69, 9.17) is 5.14 Å². The van der Waals surface area contributed by atoms with Gasteiger partial charge in [0.25, 0.3) is 0 Å². The molecule has 1 aromatic carbocycles. The fraction of sp³-hybridized carbons (Fsp3) is 0.636. The van der Waals surface area contributed by atoms with Gasteiger partial charge in [0.05, 0.1) is 18.0 Å². The number of anilines is 1. The number of amides is 2. The van der Waals surface area contributed by atoms with E-state index in [0.717, 1.165) is 43.6 Å². The van der Waals surface area contributed by atoms with Crippen molar-refractivity contribution < 1.29 is 18.0 Å². The number of aryl methyl sites for hydroxylation is 1. The minimum Gasteiger partial charge on any atom is -0.339 e. The molecule has 0 radical (unpaired) electrons. The molecule has 32 heavy (non-hydrogen) atoms. The molecule has 1 atom stereocenters. The number of likely N-dealkylation sites (tertiary alicyclic amines) is 1. The van der Waals surface area contributed by atoms with E-state index < -0.39 is 10.0 Å². The molecule has 0 aliphatic carbocycles. The van der Waals surface area contributed by atoms with Crippen molar-refractivity contribution in [2.45, 2.75) is 51.0 Å². The maximum atomic E-state index is 12.7. The molecule has 2 amide bonds. The molecule has 9 nitrogen and oxygen atoms in total. The van der Waals surface area contributed by atoms with Crippen LogP contribution in [0.2, 0.25) is 0 Å². The van der Waals surface area contributed by atoms with Gasteiger partial charge in [-0.3, -0.25) is 19.4 Å². The summed E-state index contributed by atoms with van der Waals surface area (Å²) >= 11 is 0. The molecule has 1 aromatic rings. The van der Waals surface area contributed by atoms with Gasteiger partial charge in [0.1, 0.15) is 0 Å². The Morgan fingerprint density at radius 3 is 2.25 bits per heavy atom. The summed E-state index contributed by atoms with van der Waals surface area (Å²) in [5.74, 6) is -0.00490. The Morgan fingerprint density at radius 1 is 1.03 bits per heavy atom. The number of carbonyl (C=O) groups is 2. The summed E-state index contributed by atoms with van der Waals surface area (Å²) in [5, 5.41) is 8.07. The van der Waals surface area contributed by atoms with Gasteiger partial charge >= 0.3 is 0 Å². The first kappa shape index (κ1) is 24.6. The number of carbonyl (C=O) groups excluding carboxylic acids is 2. The lowest BCUT2D eigenvalue weighted by molar-refractivity contribution is -0.136. The first-order valence-electron chi connectivity index (χ1n) is 11.2. The van der Waals surface area contributed by atoms with Crippen molar-refractivity contribution in [2.75, 3.05) is 51.1 Å². The van der Waals surface area contributed by atoms with Crippen LogP contribution >= 0.6 is 0 Å². The molecule has 0 saturated carbocycles. The summed E-state index contributed by atoms with van der Waals surface area (Å²) in [6.45, 7) is 10.1. The van der Waals surface area contributed by atoms with Crippen LogP contribution < -0.4 is 10.5 Å². The predicted molar refractivity (Wildman–Crippen MR) is 124 cm³/mol. The Morgan fingerprint density at radius 2 is 1.66 bits per heavy atom. The van der Waals surface area contributed by atoms with Gasteiger partial charge in [-0.2, -0.15) is 0 Å². The second kappa shape index (κ2) is 10.3. The Kier molecular flexibility index (Phi) is 7.92. The van der Waals surface area contributed by atoms with Crippen LogP contribution in [0.15, 0.2) is 17.0 Å². The zero-order valence-electron chi connectivity index (χ0n) is 19.3. The van der Waals surface area contributed by atoms with Crippen molar-refractivity contribution in [3.63, 3.8) is 0 Å². The minimum atomic E-state index is -3.85. The van der Waals surface area contributed by atoms with E-state index >= 15 is 0 Å². The number of nitrogens with one attached hydrogen (secondary N) is 1. The zero-order chi connectivity index (χ0) is 23.5. The molecule has 0 aromatic heterocycles. The van der Waals surface area contributed by atoms with Crippen molar-refractivity contribution in [3.8, 4) is 0 Å². The van der Waals surface area contributed by atoms with Crippen molar-refractivity contribution in [1.29, 1.82) is 0 Å². The SMILES string of the molecule is Cc1cc(S(N)(=O)=O)cc(NC(=O)CN2CCN(CC(=O)N3CCCCC3C)CC2)c1C. The lowest BCUT2D eigenvalue weighted by Crippen LogP contribution is -2.53. The number of piperazine rings is 1. The lowest BCUT2D eigenvalue weighted by Gasteiger charge is -2.37. The maximum Gasteiger partial charge on any atom is 0.238 e. The molecule has 3 N–H and O–H groups in total. The highest BCUT2D eigenvalue weighted by Crippen LogP contribution is 2.23. The molecule has 1 unspecified atom stereocenters. The van der Waals surface area contributed by atoms with E-state index in [1.165, 1.54) is 18.6 Å². The van der Waals surface area contributed by atoms with Crippen LogP contribution in [-0.4, -0.2) is 86.8 Å². The second-order valence-corrected chi connectivity index (χ2v) is 10.6. The highest BCUT2D eigenvalue weighted by Gasteiger charge is 2.26. The highest BCUT2D eigenvalue weighted by atomic mass is 32.2. The topological polar surface area (TPSA) is 116 Å². The predicted octanol–water partition coefficient (Wildman–Crippen LogP) is 0.908. The zero-order valence-corrected chi connectivity index (χ0v) is 20.1. The molecule has 3 rings (SSSR count). The summed E-state index contributed by atoms with van der Waals surface area (Å²) in [4.78, 5) is 31.4. The van der Waals surface area contributed by atoms with E-state index in [1.54, 1.807) is 6.92 Å². The molecule has 2 heterocycles. The summed E-state index contributed by atoms with van der Waals surface area (Å²) < 4.78 is 23.4. The van der Waals surface area contributed by atoms with Crippen molar-refractivity contribution in [2.24, 2.45) is 5.14 Å². The quantitative estimate of drug-likeness (QED) is 0.645. The van der Waals surface area contributed by atoms with Crippen LogP contribution in [0.4, 0.5) is 5.69 Å². The molecule has 2 fully saturated rings. The van der Waals surface area contributed by atoms with Crippen LogP contribution in [0.1, 0.15) is 37.3 Å². The van der Waals surface area contributed by atoms with Crippen LogP contribution in [0.5, 0.6) is 0 Å². The molecular weight excluding hydrogens is 430 g/mol. The molecule has 2 aliphatic heterocycles. The Labute approximate surface area is 191 Å². The number of nitrogens with two attached hydrogens (primary N) is 1. The van der Waals surface area contributed by atoms with Gasteiger partial charge in [-0.25, -0.2) is 13.6 Å². The Balaban J connectivity index is 1.50. The van der Waals surface area contributed by atoms with Crippen molar-refractivity contribution in [1.82, 2.24) is 14.7 Å². The number of nitrogens with zero attached hydrogens (tertiary/aromatic N) is 3. The lowest BCUT2D eigenvalue weighted by atomic mass is 10.0. The number of hydrogen-bond acceptors (Lipinski definition) is 6. The molecule has 0 bridgehead atoms. The maximum absolute atomic E-state index is 12.7. The monoisotopic (exact) mass is 465 g/mol. The van der Waals surface area contributed by atoms with E-state index in [0.29, 0.717) is 31.4 Å². The smallest absolute Gasteiger partial charge is 0.238 e. The first-order valence-corrected chi connectivity index (χ1v) is 12.8. The fourth-order valence-corrected chi connectivity index (χ4v) is 4.99. The molecular formula is C22H35N5O4S. The highest BCUT2D eigenvalue weighted by molar-refractivity contribution is 7.89. The number of piperidine rings is 1. The normalized spacial score (nSPS) is 20.9. The third-order valence-electron chi connectivity index (χ3n) is 6.56. The van der Waals surface area contributed by atoms with Gasteiger partial charge in [-0.15, -0.1) is 0 Å². The van der Waals surface area contributed by atoms with Crippen LogP contribution in [-0.2, 0) is 19.6 Å². The van der Waals surface area contributed by atoms with Crippen LogP contribution in [0.25, 0.3) is 0 Å². The Hall–Kier alpha value is -2.01. The van der Waals surface area contributed by atoms with Gasteiger partial charge < -0.3 is 10.2 Å². The Bertz CT molecular complexity index is 957. The third kappa shape index (κ3) is 6.28. The number of hydrogen-bond donors (Lipinski definition) is 2. The number of benzene rings is 1. The second-order valence-electron chi connectivity index (χ2n) is 8.99. The number of sulfonamides is 1. The third-order valence-corrected chi connectivity index (χ3v) is 7.45. The summed E-state index contributed by atoms with van der Waals surface area (Å²) in [6, 6.07) is 3.23. The van der Waals surface area contributed by atoms with Gasteiger partial charge in [-0.05, 0) is 63.3 Å². The largest absolute Gasteiger partial charge is 0.339 e. The molecule has 2 saturated heterocycles. The van der Waals surface area contributed by atoms with Gasteiger partial charge in [0.15, 0.2) is 0 Å². The van der Waals surface area contributed by atoms with E-state index in [9.17, 15) is 18.0 Å². The fourth-order valence-electron chi connectivity index (χ4n) is 4.37. The van der Waals surface area contributed by atoms with Gasteiger partial charge in [-0.1, -0.05) is 0 Å². The van der Waals surface area contributed by atoms with Crippen LogP contribution in [0, 0.1) is 13.8 Å². The minimum absolute atomic E-state index is 0.0165. The van der Waals surface area contributed by atoms with Gasteiger partial charge in [0.2, 0.25) is 21.8 Å². The molecule has 2 aliphatic rings. The molecule has 0 spiro atoms. The summed E-state index contributed by atoms with van der Waals surface area (Å²) in [6.07, 6.45) is 3.35. The molecule has 10 heteroatoms. The standard InChI is InChI=1S/C22H35N5O4S/c1-16-12-19(32(23,30)31)13-20(18(16)3)24-21(28)14-25-8-10-26(11-9-25)15-22(29)27-7-5-4-6-17(27)2/h12-13,17H,4-11,14-15H2,1-3H3,(H,24,28)(H2,23,30,31). The average molecular weight is 466 g/mol. The molecule has 178 valence electrons. The number of primary sulfonamides is 1. The van der Waals surface area contributed by atoms with Crippen molar-refractivity contribution in [3.05, 3.63) is 23.3 Å². The first-order chi connectivity index (χ1) is 15.0. The van der Waals surface area contributed by atoms with Crippen molar-refractivity contribution >= 4 is 27.5 Å². The number of rotatable bonds is 6. The summed E-state index contributed by atoms with van der Waals surface area (Å²) in [7, 11) is -3.85.